The quantitative estimate of drug-likeness (QED) is 0.621. The highest BCUT2D eigenvalue weighted by atomic mass is 16.6. The van der Waals surface area contributed by atoms with Crippen molar-refractivity contribution in [1.82, 2.24) is 0 Å². The lowest BCUT2D eigenvalue weighted by molar-refractivity contribution is -0.159. The second-order valence-electron chi connectivity index (χ2n) is 4.37. The minimum atomic E-state index is -0.562. The van der Waals surface area contributed by atoms with Crippen LogP contribution in [0.15, 0.2) is 24.3 Å². The molecular weight excluding hydrogens is 230 g/mol. The van der Waals surface area contributed by atoms with Gasteiger partial charge >= 0.3 is 5.97 Å². The molecule has 0 saturated carbocycles. The zero-order valence-electron chi connectivity index (χ0n) is 11.2. The van der Waals surface area contributed by atoms with Gasteiger partial charge in [-0.05, 0) is 38.5 Å². The van der Waals surface area contributed by atoms with Crippen LogP contribution in [0.4, 0.5) is 5.69 Å². The number of hydrogen-bond donors (Lipinski definition) is 1. The number of nitrogens with two attached hydrogens (primary N) is 1. The van der Waals surface area contributed by atoms with E-state index in [9.17, 15) is 4.79 Å². The summed E-state index contributed by atoms with van der Waals surface area (Å²) in [7, 11) is 0. The van der Waals surface area contributed by atoms with E-state index in [0.29, 0.717) is 18.7 Å². The zero-order valence-corrected chi connectivity index (χ0v) is 11.2. The topological polar surface area (TPSA) is 61.5 Å². The number of carbonyl (C=O) groups excluding carboxylic acids is 1. The first-order valence-corrected chi connectivity index (χ1v) is 6.19. The first-order valence-electron chi connectivity index (χ1n) is 6.19. The third kappa shape index (κ3) is 4.75. The summed E-state index contributed by atoms with van der Waals surface area (Å²) in [4.78, 5) is 11.8. The monoisotopic (exact) mass is 251 g/mol. The molecule has 0 heterocycles. The molecule has 4 heteroatoms. The van der Waals surface area contributed by atoms with Crippen molar-refractivity contribution in [2.24, 2.45) is 0 Å². The van der Waals surface area contributed by atoms with Crippen LogP contribution in [0.25, 0.3) is 0 Å². The van der Waals surface area contributed by atoms with Gasteiger partial charge in [0, 0.05) is 12.1 Å². The van der Waals surface area contributed by atoms with Crippen LogP contribution < -0.4 is 5.73 Å². The lowest BCUT2D eigenvalue weighted by Crippen LogP contribution is -2.31. The molecule has 1 atom stereocenters. The molecule has 18 heavy (non-hydrogen) atoms. The normalized spacial score (nSPS) is 12.4. The first kappa shape index (κ1) is 14.5. The molecule has 0 radical (unpaired) electrons. The summed E-state index contributed by atoms with van der Waals surface area (Å²) in [5.74, 6) is -0.317. The second kappa shape index (κ2) is 7.01. The summed E-state index contributed by atoms with van der Waals surface area (Å²) in [6.07, 6.45) is -0.0844. The average Bonchev–Trinajstić information content (AvgIpc) is 2.31. The van der Waals surface area contributed by atoms with Crippen LogP contribution in [0.1, 0.15) is 26.3 Å². The van der Waals surface area contributed by atoms with Gasteiger partial charge in [-0.25, -0.2) is 4.79 Å². The van der Waals surface area contributed by atoms with E-state index in [4.69, 9.17) is 15.2 Å². The lowest BCUT2D eigenvalue weighted by atomic mass is 10.1. The van der Waals surface area contributed by atoms with Gasteiger partial charge in [-0.3, -0.25) is 0 Å². The Kier molecular flexibility index (Phi) is 5.65. The second-order valence-corrected chi connectivity index (χ2v) is 4.37. The molecule has 0 aliphatic carbocycles. The first-order chi connectivity index (χ1) is 8.52. The van der Waals surface area contributed by atoms with Gasteiger partial charge in [0.15, 0.2) is 6.10 Å². The Morgan fingerprint density at radius 2 is 1.89 bits per heavy atom. The van der Waals surface area contributed by atoms with Crippen molar-refractivity contribution in [3.63, 3.8) is 0 Å². The van der Waals surface area contributed by atoms with Gasteiger partial charge in [0.25, 0.3) is 0 Å². The van der Waals surface area contributed by atoms with Gasteiger partial charge in [-0.1, -0.05) is 12.1 Å². The fourth-order valence-corrected chi connectivity index (χ4v) is 1.62. The van der Waals surface area contributed by atoms with Gasteiger partial charge in [-0.2, -0.15) is 0 Å². The molecule has 0 spiro atoms. The number of anilines is 1. The third-order valence-electron chi connectivity index (χ3n) is 2.39. The molecule has 1 aromatic rings. The van der Waals surface area contributed by atoms with Crippen LogP contribution in [0.2, 0.25) is 0 Å². The number of ether oxygens (including phenoxy) is 2. The van der Waals surface area contributed by atoms with Crippen molar-refractivity contribution in [3.05, 3.63) is 29.8 Å². The molecule has 1 unspecified atom stereocenters. The van der Waals surface area contributed by atoms with E-state index in [2.05, 4.69) is 0 Å². The molecule has 100 valence electrons. The molecular formula is C14H21NO3. The summed E-state index contributed by atoms with van der Waals surface area (Å²) < 4.78 is 10.6. The van der Waals surface area contributed by atoms with Gasteiger partial charge in [-0.15, -0.1) is 0 Å². The lowest BCUT2D eigenvalue weighted by Gasteiger charge is -2.19. The molecule has 2 N–H and O–H groups in total. The Bertz CT molecular complexity index is 373. The molecule has 0 aromatic heterocycles. The van der Waals surface area contributed by atoms with E-state index in [-0.39, 0.29) is 12.1 Å². The fourth-order valence-electron chi connectivity index (χ4n) is 1.62. The van der Waals surface area contributed by atoms with Crippen LogP contribution in [-0.4, -0.2) is 24.8 Å². The maximum atomic E-state index is 11.8. The standard InChI is InChI=1S/C14H21NO3/c1-4-17-14(16)13(18-10(2)3)9-11-5-7-12(15)8-6-11/h5-8,10,13H,4,9,15H2,1-3H3. The highest BCUT2D eigenvalue weighted by Gasteiger charge is 2.22. The van der Waals surface area contributed by atoms with E-state index in [1.807, 2.05) is 38.1 Å². The third-order valence-corrected chi connectivity index (χ3v) is 2.39. The van der Waals surface area contributed by atoms with Gasteiger partial charge in [0.1, 0.15) is 0 Å². The smallest absolute Gasteiger partial charge is 0.335 e. The molecule has 0 aliphatic heterocycles. The summed E-state index contributed by atoms with van der Waals surface area (Å²) in [5.41, 5.74) is 7.33. The summed E-state index contributed by atoms with van der Waals surface area (Å²) in [6, 6.07) is 7.41. The van der Waals surface area contributed by atoms with E-state index in [1.165, 1.54) is 0 Å². The van der Waals surface area contributed by atoms with Crippen molar-refractivity contribution in [1.29, 1.82) is 0 Å². The highest BCUT2D eigenvalue weighted by molar-refractivity contribution is 5.75. The van der Waals surface area contributed by atoms with Crippen molar-refractivity contribution >= 4 is 11.7 Å². The SMILES string of the molecule is CCOC(=O)C(Cc1ccc(N)cc1)OC(C)C. The molecule has 0 bridgehead atoms. The molecule has 1 rings (SSSR count). The number of nitrogen functional groups attached to an aromatic ring is 1. The average molecular weight is 251 g/mol. The number of rotatable bonds is 6. The molecule has 0 saturated heterocycles. The predicted molar refractivity (Wildman–Crippen MR) is 71.2 cm³/mol. The van der Waals surface area contributed by atoms with E-state index >= 15 is 0 Å². The zero-order chi connectivity index (χ0) is 13.5. The Morgan fingerprint density at radius 1 is 1.28 bits per heavy atom. The molecule has 0 amide bonds. The fraction of sp³-hybridized carbons (Fsp3) is 0.500. The predicted octanol–water partition coefficient (Wildman–Crippen LogP) is 2.17. The number of carbonyl (C=O) groups is 1. The highest BCUT2D eigenvalue weighted by Crippen LogP contribution is 2.12. The summed E-state index contributed by atoms with van der Waals surface area (Å²) in [6.45, 7) is 5.94. The number of benzene rings is 1. The molecule has 0 fully saturated rings. The largest absolute Gasteiger partial charge is 0.464 e. The number of esters is 1. The van der Waals surface area contributed by atoms with Crippen LogP contribution >= 0.6 is 0 Å². The van der Waals surface area contributed by atoms with Crippen LogP contribution in [-0.2, 0) is 20.7 Å². The summed E-state index contributed by atoms with van der Waals surface area (Å²) >= 11 is 0. The van der Waals surface area contributed by atoms with Crippen LogP contribution in [0.5, 0.6) is 0 Å². The summed E-state index contributed by atoms with van der Waals surface area (Å²) in [5, 5.41) is 0. The Hall–Kier alpha value is -1.55. The minimum absolute atomic E-state index is 0.0202. The Morgan fingerprint density at radius 3 is 2.39 bits per heavy atom. The van der Waals surface area contributed by atoms with Crippen molar-refractivity contribution in [3.8, 4) is 0 Å². The maximum Gasteiger partial charge on any atom is 0.335 e. The van der Waals surface area contributed by atoms with Gasteiger partial charge in [0.2, 0.25) is 0 Å². The van der Waals surface area contributed by atoms with E-state index in [1.54, 1.807) is 6.92 Å². The molecule has 0 aliphatic rings. The number of hydrogen-bond acceptors (Lipinski definition) is 4. The van der Waals surface area contributed by atoms with Gasteiger partial charge < -0.3 is 15.2 Å². The van der Waals surface area contributed by atoms with Gasteiger partial charge in [0.05, 0.1) is 12.7 Å². The molecule has 4 nitrogen and oxygen atoms in total. The van der Waals surface area contributed by atoms with Crippen molar-refractivity contribution < 1.29 is 14.3 Å². The Balaban J connectivity index is 2.71. The van der Waals surface area contributed by atoms with Crippen molar-refractivity contribution in [2.75, 3.05) is 12.3 Å². The molecule has 1 aromatic carbocycles. The Labute approximate surface area is 108 Å². The van der Waals surface area contributed by atoms with E-state index < -0.39 is 6.10 Å². The minimum Gasteiger partial charge on any atom is -0.464 e. The van der Waals surface area contributed by atoms with Crippen molar-refractivity contribution in [2.45, 2.75) is 39.4 Å². The van der Waals surface area contributed by atoms with Crippen LogP contribution in [0.3, 0.4) is 0 Å². The van der Waals surface area contributed by atoms with E-state index in [0.717, 1.165) is 5.56 Å². The van der Waals surface area contributed by atoms with Crippen LogP contribution in [0, 0.1) is 0 Å². The maximum absolute atomic E-state index is 11.8.